The summed E-state index contributed by atoms with van der Waals surface area (Å²) in [6, 6.07) is 4.78. The van der Waals surface area contributed by atoms with Gasteiger partial charge in [-0.2, -0.15) is 0 Å². The first-order chi connectivity index (χ1) is 9.62. The average Bonchev–Trinajstić information content (AvgIpc) is 2.37. The van der Waals surface area contributed by atoms with Crippen LogP contribution in [0.1, 0.15) is 19.8 Å². The molecule has 0 bridgehead atoms. The maximum atomic E-state index is 12.3. The van der Waals surface area contributed by atoms with Gasteiger partial charge >= 0.3 is 0 Å². The van der Waals surface area contributed by atoms with E-state index < -0.39 is 25.6 Å². The van der Waals surface area contributed by atoms with E-state index in [1.807, 2.05) is 0 Å². The van der Waals surface area contributed by atoms with Gasteiger partial charge in [-0.05, 0) is 44.0 Å². The van der Waals surface area contributed by atoms with Crippen molar-refractivity contribution in [1.82, 2.24) is 4.72 Å². The number of nitrogens with one attached hydrogen (secondary N) is 1. The molecular weight excluding hydrogens is 316 g/mol. The third-order valence-electron chi connectivity index (χ3n) is 3.28. The number of hydrogen-bond donors (Lipinski definition) is 2. The van der Waals surface area contributed by atoms with E-state index >= 15 is 0 Å². The number of benzene rings is 1. The molecule has 1 saturated heterocycles. The zero-order valence-electron chi connectivity index (χ0n) is 11.6. The fourth-order valence-electron chi connectivity index (χ4n) is 2.21. The summed E-state index contributed by atoms with van der Waals surface area (Å²) in [6.07, 6.45) is 1.46. The van der Waals surface area contributed by atoms with Crippen LogP contribution >= 0.6 is 0 Å². The molecule has 2 rings (SSSR count). The molecule has 1 aromatic rings. The van der Waals surface area contributed by atoms with Crippen molar-refractivity contribution < 1.29 is 21.6 Å². The lowest BCUT2D eigenvalue weighted by atomic mass is 9.97. The number of nitrogens with two attached hydrogens (primary N) is 1. The van der Waals surface area contributed by atoms with Crippen molar-refractivity contribution in [2.24, 2.45) is 5.14 Å². The highest BCUT2D eigenvalue weighted by Gasteiger charge is 2.32. The van der Waals surface area contributed by atoms with Crippen LogP contribution in [0.5, 0.6) is 0 Å². The van der Waals surface area contributed by atoms with Gasteiger partial charge in [-0.25, -0.2) is 26.7 Å². The topological polar surface area (TPSA) is 116 Å². The van der Waals surface area contributed by atoms with Crippen molar-refractivity contribution in [2.45, 2.75) is 35.1 Å². The Morgan fingerprint density at radius 3 is 2.19 bits per heavy atom. The summed E-state index contributed by atoms with van der Waals surface area (Å²) >= 11 is 0. The lowest BCUT2D eigenvalue weighted by Gasteiger charge is -2.33. The van der Waals surface area contributed by atoms with Crippen LogP contribution in [-0.4, -0.2) is 35.6 Å². The Kier molecular flexibility index (Phi) is 4.41. The Morgan fingerprint density at radius 1 is 1.14 bits per heavy atom. The zero-order chi connectivity index (χ0) is 15.7. The van der Waals surface area contributed by atoms with Gasteiger partial charge in [-0.15, -0.1) is 0 Å². The van der Waals surface area contributed by atoms with Crippen LogP contribution in [-0.2, 0) is 24.8 Å². The van der Waals surface area contributed by atoms with Crippen molar-refractivity contribution in [3.8, 4) is 0 Å². The number of primary sulfonamides is 1. The molecule has 1 aliphatic rings. The predicted octanol–water partition coefficient (Wildman–Crippen LogP) is 0.181. The van der Waals surface area contributed by atoms with Crippen LogP contribution in [0.15, 0.2) is 34.1 Å². The normalized spacial score (nSPS) is 23.9. The second-order valence-corrected chi connectivity index (χ2v) is 8.58. The van der Waals surface area contributed by atoms with Gasteiger partial charge in [0, 0.05) is 6.61 Å². The SMILES string of the molecule is CC1(NS(=O)(=O)c2ccc(S(N)(=O)=O)cc2)CCCOC1. The van der Waals surface area contributed by atoms with Gasteiger partial charge in [0.1, 0.15) is 0 Å². The second kappa shape index (κ2) is 5.65. The van der Waals surface area contributed by atoms with Crippen molar-refractivity contribution in [1.29, 1.82) is 0 Å². The molecule has 0 amide bonds. The molecule has 118 valence electrons. The van der Waals surface area contributed by atoms with Crippen LogP contribution in [0.3, 0.4) is 0 Å². The third kappa shape index (κ3) is 4.01. The summed E-state index contributed by atoms with van der Waals surface area (Å²) in [7, 11) is -7.59. The summed E-state index contributed by atoms with van der Waals surface area (Å²) in [4.78, 5) is -0.143. The van der Waals surface area contributed by atoms with Gasteiger partial charge in [-0.3, -0.25) is 0 Å². The van der Waals surface area contributed by atoms with E-state index in [9.17, 15) is 16.8 Å². The molecule has 1 unspecified atom stereocenters. The molecular formula is C12H18N2O5S2. The molecule has 1 aliphatic heterocycles. The summed E-state index contributed by atoms with van der Waals surface area (Å²) in [5.41, 5.74) is -0.657. The Hall–Kier alpha value is -1.00. The standard InChI is InChI=1S/C12H18N2O5S2/c1-12(7-2-8-19-9-12)14-21(17,18)11-5-3-10(4-6-11)20(13,15)16/h3-6,14H,2,7-9H2,1H3,(H2,13,15,16). The average molecular weight is 334 g/mol. The first-order valence-corrected chi connectivity index (χ1v) is 9.40. The summed E-state index contributed by atoms with van der Waals surface area (Å²) in [6.45, 7) is 2.71. The first-order valence-electron chi connectivity index (χ1n) is 6.37. The molecule has 0 aliphatic carbocycles. The number of rotatable bonds is 4. The Labute approximate surface area is 124 Å². The highest BCUT2D eigenvalue weighted by atomic mass is 32.2. The summed E-state index contributed by atoms with van der Waals surface area (Å²) in [5.74, 6) is 0. The van der Waals surface area contributed by atoms with Crippen molar-refractivity contribution in [3.05, 3.63) is 24.3 Å². The molecule has 1 aromatic carbocycles. The van der Waals surface area contributed by atoms with Crippen LogP contribution < -0.4 is 9.86 Å². The van der Waals surface area contributed by atoms with Gasteiger partial charge in [-0.1, -0.05) is 0 Å². The minimum absolute atomic E-state index is 0.0123. The molecule has 9 heteroatoms. The molecule has 7 nitrogen and oxygen atoms in total. The van der Waals surface area contributed by atoms with E-state index in [1.165, 1.54) is 24.3 Å². The van der Waals surface area contributed by atoms with E-state index in [1.54, 1.807) is 6.92 Å². The quantitative estimate of drug-likeness (QED) is 0.815. The maximum absolute atomic E-state index is 12.3. The highest BCUT2D eigenvalue weighted by molar-refractivity contribution is 7.89. The molecule has 0 saturated carbocycles. The van der Waals surface area contributed by atoms with Crippen LogP contribution in [0.25, 0.3) is 0 Å². The molecule has 21 heavy (non-hydrogen) atoms. The molecule has 0 spiro atoms. The van der Waals surface area contributed by atoms with E-state index in [4.69, 9.17) is 9.88 Å². The fraction of sp³-hybridized carbons (Fsp3) is 0.500. The predicted molar refractivity (Wildman–Crippen MR) is 76.6 cm³/mol. The number of sulfonamides is 2. The molecule has 1 heterocycles. The van der Waals surface area contributed by atoms with Crippen molar-refractivity contribution in [2.75, 3.05) is 13.2 Å². The maximum Gasteiger partial charge on any atom is 0.241 e. The zero-order valence-corrected chi connectivity index (χ0v) is 13.2. The summed E-state index contributed by atoms with van der Waals surface area (Å²) < 4.78 is 54.9. The first kappa shape index (κ1) is 16.4. The number of ether oxygens (including phenoxy) is 1. The Balaban J connectivity index is 2.23. The highest BCUT2D eigenvalue weighted by Crippen LogP contribution is 2.22. The summed E-state index contributed by atoms with van der Waals surface area (Å²) in [5, 5.41) is 4.98. The second-order valence-electron chi connectivity index (χ2n) is 5.34. The number of hydrogen-bond acceptors (Lipinski definition) is 5. The van der Waals surface area contributed by atoms with Gasteiger partial charge in [0.25, 0.3) is 0 Å². The van der Waals surface area contributed by atoms with Crippen molar-refractivity contribution in [3.63, 3.8) is 0 Å². The third-order valence-corrected chi connectivity index (χ3v) is 5.86. The van der Waals surface area contributed by atoms with Gasteiger partial charge < -0.3 is 4.74 Å². The van der Waals surface area contributed by atoms with Gasteiger partial charge in [0.05, 0.1) is 21.9 Å². The molecule has 0 aromatic heterocycles. The van der Waals surface area contributed by atoms with Crippen LogP contribution in [0.4, 0.5) is 0 Å². The molecule has 0 radical (unpaired) electrons. The van der Waals surface area contributed by atoms with Gasteiger partial charge in [0.2, 0.25) is 20.0 Å². The fourth-order valence-corrected chi connectivity index (χ4v) is 4.14. The monoisotopic (exact) mass is 334 g/mol. The lowest BCUT2D eigenvalue weighted by molar-refractivity contribution is 0.0386. The van der Waals surface area contributed by atoms with E-state index in [-0.39, 0.29) is 9.79 Å². The minimum Gasteiger partial charge on any atom is -0.380 e. The van der Waals surface area contributed by atoms with E-state index in [0.717, 1.165) is 6.42 Å². The largest absolute Gasteiger partial charge is 0.380 e. The van der Waals surface area contributed by atoms with Gasteiger partial charge in [0.15, 0.2) is 0 Å². The van der Waals surface area contributed by atoms with Crippen molar-refractivity contribution >= 4 is 20.0 Å². The minimum atomic E-state index is -3.84. The van der Waals surface area contributed by atoms with E-state index in [2.05, 4.69) is 4.72 Å². The Bertz CT molecular complexity index is 705. The van der Waals surface area contributed by atoms with E-state index in [0.29, 0.717) is 19.6 Å². The van der Waals surface area contributed by atoms with Crippen LogP contribution in [0, 0.1) is 0 Å². The molecule has 3 N–H and O–H groups in total. The smallest absolute Gasteiger partial charge is 0.241 e. The van der Waals surface area contributed by atoms with Crippen LogP contribution in [0.2, 0.25) is 0 Å². The molecule has 1 fully saturated rings. The molecule has 1 atom stereocenters. The Morgan fingerprint density at radius 2 is 1.71 bits per heavy atom. The lowest BCUT2D eigenvalue weighted by Crippen LogP contribution is -2.51.